The molecular weight excluding hydrogens is 396 g/mol. The fraction of sp³-hybridized carbons (Fsp3) is 0.400. The Kier molecular flexibility index (Phi) is 7.78. The van der Waals surface area contributed by atoms with E-state index in [1.165, 1.54) is 0 Å². The number of benzene rings is 1. The lowest BCUT2D eigenvalue weighted by molar-refractivity contribution is -0.130. The lowest BCUT2D eigenvalue weighted by Gasteiger charge is -2.13. The van der Waals surface area contributed by atoms with E-state index in [0.717, 1.165) is 5.56 Å². The van der Waals surface area contributed by atoms with Crippen molar-refractivity contribution in [3.63, 3.8) is 0 Å². The maximum absolute atomic E-state index is 12.5. The molecule has 9 heteroatoms. The number of esters is 1. The number of carbonyl (C=O) groups excluding carboxylic acids is 3. The zero-order valence-corrected chi connectivity index (χ0v) is 17.7. The van der Waals surface area contributed by atoms with Gasteiger partial charge in [0.2, 0.25) is 5.91 Å². The molecule has 1 aromatic heterocycles. The summed E-state index contributed by atoms with van der Waals surface area (Å²) in [5.41, 5.74) is 2.29. The van der Waals surface area contributed by atoms with Crippen LogP contribution in [0, 0.1) is 13.8 Å². The van der Waals surface area contributed by atoms with Crippen LogP contribution in [-0.2, 0) is 20.9 Å². The maximum Gasteiger partial charge on any atom is 0.342 e. The summed E-state index contributed by atoms with van der Waals surface area (Å²) in [6.07, 6.45) is 0. The summed E-state index contributed by atoms with van der Waals surface area (Å²) in [5.74, 6) is -1.51. The molecule has 0 aliphatic rings. The van der Waals surface area contributed by atoms with Crippen LogP contribution in [-0.4, -0.2) is 46.8 Å². The highest BCUT2D eigenvalue weighted by molar-refractivity contribution is 6.31. The van der Waals surface area contributed by atoms with Gasteiger partial charge in [-0.3, -0.25) is 14.3 Å². The van der Waals surface area contributed by atoms with Crippen LogP contribution < -0.4 is 10.6 Å². The van der Waals surface area contributed by atoms with Crippen LogP contribution in [0.2, 0.25) is 5.02 Å². The van der Waals surface area contributed by atoms with Crippen LogP contribution >= 0.6 is 11.6 Å². The lowest BCUT2D eigenvalue weighted by atomic mass is 10.2. The van der Waals surface area contributed by atoms with E-state index in [2.05, 4.69) is 15.7 Å². The molecule has 2 aromatic rings. The highest BCUT2D eigenvalue weighted by Crippen LogP contribution is 2.20. The van der Waals surface area contributed by atoms with Gasteiger partial charge in [0.1, 0.15) is 11.6 Å². The Labute approximate surface area is 174 Å². The van der Waals surface area contributed by atoms with Gasteiger partial charge in [-0.05, 0) is 39.3 Å². The second kappa shape index (κ2) is 10.1. The standard InChI is InChI=1S/C20H25ClN4O4/c1-5-22-19(27)13(3)23-17(26)11-29-20(28)18-12(2)24-25(14(18)4)10-15-8-6-7-9-16(15)21/h6-9,13H,5,10-11H2,1-4H3,(H,22,27)(H,23,26)/t13-/m1/s1. The first kappa shape index (κ1) is 22.4. The molecule has 0 aliphatic carbocycles. The van der Waals surface area contributed by atoms with Crippen LogP contribution in [0.4, 0.5) is 0 Å². The molecule has 2 amide bonds. The Morgan fingerprint density at radius 3 is 2.59 bits per heavy atom. The maximum atomic E-state index is 12.5. The zero-order chi connectivity index (χ0) is 21.6. The third kappa shape index (κ3) is 5.80. The molecule has 0 radical (unpaired) electrons. The molecule has 8 nitrogen and oxygen atoms in total. The van der Waals surface area contributed by atoms with Crippen molar-refractivity contribution in [2.45, 2.75) is 40.3 Å². The van der Waals surface area contributed by atoms with Gasteiger partial charge in [0.15, 0.2) is 6.61 Å². The SMILES string of the molecule is CCNC(=O)[C@@H](C)NC(=O)COC(=O)c1c(C)nn(Cc2ccccc2Cl)c1C. The minimum Gasteiger partial charge on any atom is -0.452 e. The summed E-state index contributed by atoms with van der Waals surface area (Å²) < 4.78 is 6.79. The summed E-state index contributed by atoms with van der Waals surface area (Å²) in [7, 11) is 0. The van der Waals surface area contributed by atoms with Gasteiger partial charge in [0.05, 0.1) is 17.9 Å². The summed E-state index contributed by atoms with van der Waals surface area (Å²) in [6.45, 7) is 7.17. The minimum absolute atomic E-state index is 0.306. The largest absolute Gasteiger partial charge is 0.452 e. The number of rotatable bonds is 8. The van der Waals surface area contributed by atoms with E-state index in [0.29, 0.717) is 35.1 Å². The number of halogens is 1. The molecule has 0 fully saturated rings. The van der Waals surface area contributed by atoms with Crippen molar-refractivity contribution in [1.82, 2.24) is 20.4 Å². The molecule has 29 heavy (non-hydrogen) atoms. The summed E-state index contributed by atoms with van der Waals surface area (Å²) in [5, 5.41) is 10.1. The van der Waals surface area contributed by atoms with E-state index in [1.807, 2.05) is 18.2 Å². The second-order valence-corrected chi connectivity index (χ2v) is 6.96. The number of hydrogen-bond donors (Lipinski definition) is 2. The van der Waals surface area contributed by atoms with Gasteiger partial charge in [-0.2, -0.15) is 5.10 Å². The first-order valence-corrected chi connectivity index (χ1v) is 9.64. The zero-order valence-electron chi connectivity index (χ0n) is 16.9. The predicted molar refractivity (Wildman–Crippen MR) is 109 cm³/mol. The molecule has 2 rings (SSSR count). The Bertz CT molecular complexity index is 910. The molecular formula is C20H25ClN4O4. The van der Waals surface area contributed by atoms with E-state index in [4.69, 9.17) is 16.3 Å². The topological polar surface area (TPSA) is 102 Å². The van der Waals surface area contributed by atoms with Crippen molar-refractivity contribution in [3.8, 4) is 0 Å². The fourth-order valence-corrected chi connectivity index (χ4v) is 3.01. The van der Waals surface area contributed by atoms with Crippen LogP contribution in [0.1, 0.15) is 41.2 Å². The summed E-state index contributed by atoms with van der Waals surface area (Å²) in [6, 6.07) is 6.67. The van der Waals surface area contributed by atoms with E-state index in [1.54, 1.807) is 38.4 Å². The van der Waals surface area contributed by atoms with Gasteiger partial charge in [0, 0.05) is 11.6 Å². The van der Waals surface area contributed by atoms with Crippen molar-refractivity contribution in [2.75, 3.05) is 13.2 Å². The summed E-state index contributed by atoms with van der Waals surface area (Å²) in [4.78, 5) is 36.1. The Morgan fingerprint density at radius 1 is 1.24 bits per heavy atom. The second-order valence-electron chi connectivity index (χ2n) is 6.55. The molecule has 0 saturated carbocycles. The molecule has 0 bridgehead atoms. The third-order valence-corrected chi connectivity index (χ3v) is 4.69. The van der Waals surface area contributed by atoms with Gasteiger partial charge in [-0.25, -0.2) is 4.79 Å². The van der Waals surface area contributed by atoms with E-state index in [-0.39, 0.29) is 5.91 Å². The lowest BCUT2D eigenvalue weighted by Crippen LogP contribution is -2.46. The molecule has 2 N–H and O–H groups in total. The molecule has 0 aliphatic heterocycles. The number of hydrogen-bond acceptors (Lipinski definition) is 5. The van der Waals surface area contributed by atoms with Gasteiger partial charge >= 0.3 is 5.97 Å². The number of aryl methyl sites for hydroxylation is 1. The highest BCUT2D eigenvalue weighted by atomic mass is 35.5. The number of ether oxygens (including phenoxy) is 1. The van der Waals surface area contributed by atoms with Crippen molar-refractivity contribution in [3.05, 3.63) is 51.8 Å². The average Bonchev–Trinajstić information content (AvgIpc) is 2.95. The van der Waals surface area contributed by atoms with Crippen LogP contribution in [0.25, 0.3) is 0 Å². The van der Waals surface area contributed by atoms with Gasteiger partial charge in [-0.15, -0.1) is 0 Å². The normalized spacial score (nSPS) is 11.6. The molecule has 1 aromatic carbocycles. The van der Waals surface area contributed by atoms with E-state index in [9.17, 15) is 14.4 Å². The minimum atomic E-state index is -0.719. The summed E-state index contributed by atoms with van der Waals surface area (Å²) >= 11 is 6.20. The molecule has 0 spiro atoms. The first-order valence-electron chi connectivity index (χ1n) is 9.26. The molecule has 0 unspecified atom stereocenters. The van der Waals surface area contributed by atoms with Gasteiger partial charge < -0.3 is 15.4 Å². The van der Waals surface area contributed by atoms with Crippen LogP contribution in [0.5, 0.6) is 0 Å². The number of aromatic nitrogens is 2. The van der Waals surface area contributed by atoms with Crippen molar-refractivity contribution in [1.29, 1.82) is 0 Å². The van der Waals surface area contributed by atoms with Gasteiger partial charge in [0.25, 0.3) is 5.91 Å². The quantitative estimate of drug-likeness (QED) is 0.636. The molecule has 156 valence electrons. The smallest absolute Gasteiger partial charge is 0.342 e. The Hall–Kier alpha value is -2.87. The Morgan fingerprint density at radius 2 is 1.93 bits per heavy atom. The molecule has 1 atom stereocenters. The fourth-order valence-electron chi connectivity index (χ4n) is 2.81. The number of carbonyl (C=O) groups is 3. The Balaban J connectivity index is 2.01. The highest BCUT2D eigenvalue weighted by Gasteiger charge is 2.22. The van der Waals surface area contributed by atoms with Crippen molar-refractivity contribution < 1.29 is 19.1 Å². The van der Waals surface area contributed by atoms with Crippen LogP contribution in [0.15, 0.2) is 24.3 Å². The van der Waals surface area contributed by atoms with E-state index < -0.39 is 24.5 Å². The third-order valence-electron chi connectivity index (χ3n) is 4.32. The van der Waals surface area contributed by atoms with Crippen LogP contribution in [0.3, 0.4) is 0 Å². The number of amides is 2. The van der Waals surface area contributed by atoms with E-state index >= 15 is 0 Å². The first-order chi connectivity index (χ1) is 13.7. The predicted octanol–water partition coefficient (Wildman–Crippen LogP) is 2.00. The number of nitrogens with one attached hydrogen (secondary N) is 2. The van der Waals surface area contributed by atoms with Crippen molar-refractivity contribution >= 4 is 29.4 Å². The number of likely N-dealkylation sites (N-methyl/N-ethyl adjacent to an activating group) is 1. The average molecular weight is 421 g/mol. The number of nitrogens with zero attached hydrogens (tertiary/aromatic N) is 2. The monoisotopic (exact) mass is 420 g/mol. The van der Waals surface area contributed by atoms with Crippen molar-refractivity contribution in [2.24, 2.45) is 0 Å². The van der Waals surface area contributed by atoms with Gasteiger partial charge in [-0.1, -0.05) is 29.8 Å². The molecule has 0 saturated heterocycles. The molecule has 1 heterocycles.